The Morgan fingerprint density at radius 1 is 1.00 bits per heavy atom. The molecule has 2 N–H and O–H groups in total. The first-order valence-electron chi connectivity index (χ1n) is 7.52. The van der Waals surface area contributed by atoms with Gasteiger partial charge in [-0.15, -0.1) is 0 Å². The molecule has 2 aromatic rings. The number of furan rings is 1. The van der Waals surface area contributed by atoms with Crippen LogP contribution in [0, 0.1) is 0 Å². The van der Waals surface area contributed by atoms with Crippen molar-refractivity contribution in [3.63, 3.8) is 0 Å². The summed E-state index contributed by atoms with van der Waals surface area (Å²) in [6, 6.07) is 12.7. The first kappa shape index (κ1) is 16.6. The van der Waals surface area contributed by atoms with E-state index in [2.05, 4.69) is 10.6 Å². The molecule has 6 nitrogen and oxygen atoms in total. The predicted octanol–water partition coefficient (Wildman–Crippen LogP) is 1.98. The van der Waals surface area contributed by atoms with Crippen molar-refractivity contribution in [2.24, 2.45) is 0 Å². The normalized spacial score (nSPS) is 10.1. The summed E-state index contributed by atoms with van der Waals surface area (Å²) in [7, 11) is 0. The van der Waals surface area contributed by atoms with Crippen LogP contribution in [0.5, 0.6) is 5.75 Å². The van der Waals surface area contributed by atoms with Gasteiger partial charge in [0.05, 0.1) is 12.9 Å². The van der Waals surface area contributed by atoms with E-state index in [-0.39, 0.29) is 30.5 Å². The van der Waals surface area contributed by atoms with Crippen LogP contribution in [0.15, 0.2) is 53.1 Å². The Labute approximate surface area is 134 Å². The molecule has 2 amide bonds. The number of benzene rings is 1. The van der Waals surface area contributed by atoms with E-state index in [0.717, 1.165) is 12.2 Å². The summed E-state index contributed by atoms with van der Waals surface area (Å²) in [6.07, 6.45) is 2.38. The standard InChI is InChI=1S/C17H20N2O4/c20-16(9-11-19-17(21)15-8-4-12-23-15)18-10-5-13-22-14-6-2-1-3-7-14/h1-4,6-8,12H,5,9-11,13H2,(H,18,20)(H,19,21). The lowest BCUT2D eigenvalue weighted by molar-refractivity contribution is -0.120. The maximum atomic E-state index is 11.6. The molecule has 0 aliphatic rings. The van der Waals surface area contributed by atoms with Gasteiger partial charge in [-0.05, 0) is 30.7 Å². The molecule has 0 radical (unpaired) electrons. The summed E-state index contributed by atoms with van der Waals surface area (Å²) in [5.74, 6) is 0.631. The molecule has 2 rings (SSSR count). The van der Waals surface area contributed by atoms with E-state index in [1.54, 1.807) is 12.1 Å². The smallest absolute Gasteiger partial charge is 0.286 e. The van der Waals surface area contributed by atoms with Gasteiger partial charge in [-0.1, -0.05) is 18.2 Å². The van der Waals surface area contributed by atoms with E-state index >= 15 is 0 Å². The van der Waals surface area contributed by atoms with Gasteiger partial charge in [0.2, 0.25) is 5.91 Å². The zero-order valence-electron chi connectivity index (χ0n) is 12.8. The molecule has 23 heavy (non-hydrogen) atoms. The molecule has 1 aromatic heterocycles. The Morgan fingerprint density at radius 3 is 2.57 bits per heavy atom. The molecule has 0 fully saturated rings. The zero-order valence-corrected chi connectivity index (χ0v) is 12.8. The van der Waals surface area contributed by atoms with Gasteiger partial charge in [-0.2, -0.15) is 0 Å². The Morgan fingerprint density at radius 2 is 1.83 bits per heavy atom. The number of carbonyl (C=O) groups is 2. The number of ether oxygens (including phenoxy) is 1. The highest BCUT2D eigenvalue weighted by molar-refractivity contribution is 5.91. The van der Waals surface area contributed by atoms with Crippen molar-refractivity contribution >= 4 is 11.8 Å². The lowest BCUT2D eigenvalue weighted by Gasteiger charge is -2.07. The van der Waals surface area contributed by atoms with Gasteiger partial charge in [0.25, 0.3) is 5.91 Å². The van der Waals surface area contributed by atoms with Crippen molar-refractivity contribution < 1.29 is 18.7 Å². The van der Waals surface area contributed by atoms with Gasteiger partial charge >= 0.3 is 0 Å². The van der Waals surface area contributed by atoms with Crippen molar-refractivity contribution in [2.45, 2.75) is 12.8 Å². The lowest BCUT2D eigenvalue weighted by Crippen LogP contribution is -2.31. The van der Waals surface area contributed by atoms with E-state index in [1.165, 1.54) is 6.26 Å². The van der Waals surface area contributed by atoms with Gasteiger partial charge in [-0.3, -0.25) is 9.59 Å². The highest BCUT2D eigenvalue weighted by Gasteiger charge is 2.08. The highest BCUT2D eigenvalue weighted by atomic mass is 16.5. The largest absolute Gasteiger partial charge is 0.494 e. The highest BCUT2D eigenvalue weighted by Crippen LogP contribution is 2.08. The molecule has 0 saturated carbocycles. The molecule has 0 unspecified atom stereocenters. The van der Waals surface area contributed by atoms with Crippen molar-refractivity contribution in [1.29, 1.82) is 0 Å². The molecular weight excluding hydrogens is 296 g/mol. The topological polar surface area (TPSA) is 80.6 Å². The van der Waals surface area contributed by atoms with Crippen LogP contribution in [-0.2, 0) is 4.79 Å². The summed E-state index contributed by atoms with van der Waals surface area (Å²) in [4.78, 5) is 23.2. The van der Waals surface area contributed by atoms with E-state index in [1.807, 2.05) is 30.3 Å². The van der Waals surface area contributed by atoms with Crippen LogP contribution in [0.1, 0.15) is 23.4 Å². The third-order valence-electron chi connectivity index (χ3n) is 3.04. The Balaban J connectivity index is 1.49. The average Bonchev–Trinajstić information content (AvgIpc) is 3.10. The third kappa shape index (κ3) is 6.25. The minimum Gasteiger partial charge on any atom is -0.494 e. The van der Waals surface area contributed by atoms with Crippen molar-refractivity contribution in [3.8, 4) is 5.75 Å². The second-order valence-electron chi connectivity index (χ2n) is 4.85. The van der Waals surface area contributed by atoms with Gasteiger partial charge < -0.3 is 19.8 Å². The van der Waals surface area contributed by atoms with Crippen molar-refractivity contribution in [3.05, 3.63) is 54.5 Å². The minimum atomic E-state index is -0.320. The molecule has 0 aliphatic carbocycles. The van der Waals surface area contributed by atoms with Crippen LogP contribution in [-0.4, -0.2) is 31.5 Å². The molecule has 1 aromatic carbocycles. The Bertz CT molecular complexity index is 596. The van der Waals surface area contributed by atoms with Crippen LogP contribution in [0.25, 0.3) is 0 Å². The molecule has 0 aliphatic heterocycles. The van der Waals surface area contributed by atoms with Gasteiger partial charge in [0.1, 0.15) is 5.75 Å². The SMILES string of the molecule is O=C(CCNC(=O)c1ccco1)NCCCOc1ccccc1. The lowest BCUT2D eigenvalue weighted by atomic mass is 10.3. The van der Waals surface area contributed by atoms with Crippen LogP contribution in [0.3, 0.4) is 0 Å². The number of rotatable bonds is 9. The fourth-order valence-electron chi connectivity index (χ4n) is 1.88. The van der Waals surface area contributed by atoms with E-state index < -0.39 is 0 Å². The Hall–Kier alpha value is -2.76. The molecule has 0 spiro atoms. The average molecular weight is 316 g/mol. The first-order valence-corrected chi connectivity index (χ1v) is 7.52. The van der Waals surface area contributed by atoms with Crippen molar-refractivity contribution in [1.82, 2.24) is 10.6 Å². The Kier molecular flexibility index (Phi) is 6.71. The monoisotopic (exact) mass is 316 g/mol. The molecular formula is C17H20N2O4. The van der Waals surface area contributed by atoms with E-state index in [4.69, 9.17) is 9.15 Å². The predicted molar refractivity (Wildman–Crippen MR) is 85.2 cm³/mol. The zero-order chi connectivity index (χ0) is 16.3. The van der Waals surface area contributed by atoms with Crippen LogP contribution in [0.4, 0.5) is 0 Å². The number of hydrogen-bond acceptors (Lipinski definition) is 4. The molecule has 0 saturated heterocycles. The third-order valence-corrected chi connectivity index (χ3v) is 3.04. The molecule has 0 atom stereocenters. The van der Waals surface area contributed by atoms with E-state index in [0.29, 0.717) is 13.2 Å². The number of para-hydroxylation sites is 1. The van der Waals surface area contributed by atoms with Crippen LogP contribution < -0.4 is 15.4 Å². The van der Waals surface area contributed by atoms with E-state index in [9.17, 15) is 9.59 Å². The fraction of sp³-hybridized carbons (Fsp3) is 0.294. The summed E-state index contributed by atoms with van der Waals surface area (Å²) in [5.41, 5.74) is 0. The minimum absolute atomic E-state index is 0.107. The maximum Gasteiger partial charge on any atom is 0.286 e. The molecule has 122 valence electrons. The van der Waals surface area contributed by atoms with Gasteiger partial charge in [0, 0.05) is 19.5 Å². The summed E-state index contributed by atoms with van der Waals surface area (Å²) >= 11 is 0. The molecule has 0 bridgehead atoms. The number of amides is 2. The summed E-state index contributed by atoms with van der Waals surface area (Å²) in [6.45, 7) is 1.35. The quantitative estimate of drug-likeness (QED) is 0.693. The number of hydrogen-bond donors (Lipinski definition) is 2. The second kappa shape index (κ2) is 9.30. The number of carbonyl (C=O) groups excluding carboxylic acids is 2. The first-order chi connectivity index (χ1) is 11.3. The fourth-order valence-corrected chi connectivity index (χ4v) is 1.88. The van der Waals surface area contributed by atoms with Crippen LogP contribution >= 0.6 is 0 Å². The molecule has 1 heterocycles. The summed E-state index contributed by atoms with van der Waals surface area (Å²) < 4.78 is 10.5. The second-order valence-corrected chi connectivity index (χ2v) is 4.85. The van der Waals surface area contributed by atoms with Gasteiger partial charge in [-0.25, -0.2) is 0 Å². The maximum absolute atomic E-state index is 11.6. The molecule has 6 heteroatoms. The van der Waals surface area contributed by atoms with Gasteiger partial charge in [0.15, 0.2) is 5.76 Å². The summed E-state index contributed by atoms with van der Waals surface area (Å²) in [5, 5.41) is 5.40. The number of nitrogens with one attached hydrogen (secondary N) is 2. The van der Waals surface area contributed by atoms with Crippen LogP contribution in [0.2, 0.25) is 0 Å². The van der Waals surface area contributed by atoms with Crippen molar-refractivity contribution in [2.75, 3.05) is 19.7 Å².